The Morgan fingerprint density at radius 2 is 1.95 bits per heavy atom. The summed E-state index contributed by atoms with van der Waals surface area (Å²) in [5, 5.41) is 0. The molecule has 2 N–H and O–H groups in total. The molecule has 4 heteroatoms. The Hall–Kier alpha value is -1.71. The van der Waals surface area contributed by atoms with E-state index in [-0.39, 0.29) is 5.91 Å². The second-order valence-corrected chi connectivity index (χ2v) is 5.84. The van der Waals surface area contributed by atoms with Crippen LogP contribution in [0.2, 0.25) is 0 Å². The summed E-state index contributed by atoms with van der Waals surface area (Å²) in [6.45, 7) is 8.89. The predicted molar refractivity (Wildman–Crippen MR) is 82.0 cm³/mol. The van der Waals surface area contributed by atoms with Crippen molar-refractivity contribution >= 4 is 17.3 Å². The summed E-state index contributed by atoms with van der Waals surface area (Å²) in [5.74, 6) is 1.19. The minimum absolute atomic E-state index is 0.0503. The van der Waals surface area contributed by atoms with Gasteiger partial charge in [0, 0.05) is 12.2 Å². The zero-order chi connectivity index (χ0) is 14.9. The van der Waals surface area contributed by atoms with Crippen molar-refractivity contribution in [2.24, 2.45) is 5.92 Å². The van der Waals surface area contributed by atoms with Crippen molar-refractivity contribution in [2.45, 2.75) is 46.1 Å². The molecule has 0 saturated carbocycles. The highest BCUT2D eigenvalue weighted by atomic mass is 16.5. The van der Waals surface area contributed by atoms with Crippen LogP contribution in [0.25, 0.3) is 0 Å². The number of carbonyl (C=O) groups is 1. The molecule has 0 aliphatic carbocycles. The van der Waals surface area contributed by atoms with Gasteiger partial charge in [-0.05, 0) is 37.0 Å². The number of anilines is 2. The highest BCUT2D eigenvalue weighted by Gasteiger charge is 2.45. The van der Waals surface area contributed by atoms with Gasteiger partial charge in [-0.3, -0.25) is 4.79 Å². The van der Waals surface area contributed by atoms with E-state index in [1.54, 1.807) is 0 Å². The molecule has 2 rings (SSSR count). The van der Waals surface area contributed by atoms with Gasteiger partial charge in [0.1, 0.15) is 5.75 Å². The van der Waals surface area contributed by atoms with Crippen LogP contribution in [0.3, 0.4) is 0 Å². The summed E-state index contributed by atoms with van der Waals surface area (Å²) in [5.41, 5.74) is 6.56. The van der Waals surface area contributed by atoms with Crippen molar-refractivity contribution in [3.8, 4) is 5.75 Å². The fourth-order valence-corrected chi connectivity index (χ4v) is 2.68. The van der Waals surface area contributed by atoms with E-state index >= 15 is 0 Å². The van der Waals surface area contributed by atoms with Crippen LogP contribution < -0.4 is 15.4 Å². The third-order valence-corrected chi connectivity index (χ3v) is 3.90. The van der Waals surface area contributed by atoms with Gasteiger partial charge in [0.25, 0.3) is 5.91 Å². The minimum Gasteiger partial charge on any atom is -0.475 e. The number of ether oxygens (including phenoxy) is 1. The first-order valence-corrected chi connectivity index (χ1v) is 7.34. The SMILES string of the molecule is CCC1(CC)Oc2ccc(N)cc2N(CC(C)C)C1=O. The maximum absolute atomic E-state index is 12.9. The summed E-state index contributed by atoms with van der Waals surface area (Å²) in [7, 11) is 0. The molecule has 110 valence electrons. The number of nitrogens with two attached hydrogens (primary N) is 1. The zero-order valence-electron chi connectivity index (χ0n) is 12.8. The molecule has 0 aromatic heterocycles. The first-order chi connectivity index (χ1) is 9.43. The summed E-state index contributed by atoms with van der Waals surface area (Å²) < 4.78 is 6.05. The molecule has 1 aromatic carbocycles. The molecular formula is C16H24N2O2. The van der Waals surface area contributed by atoms with Crippen LogP contribution in [0.4, 0.5) is 11.4 Å². The fraction of sp³-hybridized carbons (Fsp3) is 0.562. The Morgan fingerprint density at radius 1 is 1.30 bits per heavy atom. The Labute approximate surface area is 120 Å². The molecule has 1 aromatic rings. The average Bonchev–Trinajstić information content (AvgIpc) is 2.42. The number of amides is 1. The third-order valence-electron chi connectivity index (χ3n) is 3.90. The van der Waals surface area contributed by atoms with Gasteiger partial charge in [0.15, 0.2) is 5.60 Å². The number of benzene rings is 1. The van der Waals surface area contributed by atoms with Gasteiger partial charge in [0.05, 0.1) is 5.69 Å². The zero-order valence-corrected chi connectivity index (χ0v) is 12.8. The maximum Gasteiger partial charge on any atom is 0.271 e. The van der Waals surface area contributed by atoms with Gasteiger partial charge < -0.3 is 15.4 Å². The van der Waals surface area contributed by atoms with Crippen molar-refractivity contribution in [3.05, 3.63) is 18.2 Å². The van der Waals surface area contributed by atoms with E-state index in [0.29, 0.717) is 31.0 Å². The Kier molecular flexibility index (Phi) is 3.93. The molecule has 0 radical (unpaired) electrons. The Balaban J connectivity index is 2.53. The van der Waals surface area contributed by atoms with Crippen molar-refractivity contribution < 1.29 is 9.53 Å². The summed E-state index contributed by atoms with van der Waals surface area (Å²) >= 11 is 0. The quantitative estimate of drug-likeness (QED) is 0.859. The summed E-state index contributed by atoms with van der Waals surface area (Å²) in [6, 6.07) is 5.51. The van der Waals surface area contributed by atoms with Gasteiger partial charge in [-0.1, -0.05) is 27.7 Å². The smallest absolute Gasteiger partial charge is 0.271 e. The molecule has 0 saturated heterocycles. The van der Waals surface area contributed by atoms with Gasteiger partial charge in [-0.2, -0.15) is 0 Å². The molecular weight excluding hydrogens is 252 g/mol. The molecule has 0 unspecified atom stereocenters. The average molecular weight is 276 g/mol. The Bertz CT molecular complexity index is 507. The van der Waals surface area contributed by atoms with Crippen LogP contribution in [0.5, 0.6) is 5.75 Å². The molecule has 4 nitrogen and oxygen atoms in total. The number of fused-ring (bicyclic) bond motifs is 1. The number of hydrogen-bond acceptors (Lipinski definition) is 3. The van der Waals surface area contributed by atoms with Crippen molar-refractivity contribution in [2.75, 3.05) is 17.2 Å². The highest BCUT2D eigenvalue weighted by molar-refractivity contribution is 6.03. The molecule has 0 bridgehead atoms. The van der Waals surface area contributed by atoms with E-state index in [1.807, 2.05) is 36.9 Å². The largest absolute Gasteiger partial charge is 0.475 e. The number of rotatable bonds is 4. The van der Waals surface area contributed by atoms with Gasteiger partial charge in [-0.25, -0.2) is 0 Å². The topological polar surface area (TPSA) is 55.6 Å². The standard InChI is InChI=1S/C16H24N2O2/c1-5-16(6-2)15(19)18(10-11(3)4)13-9-12(17)7-8-14(13)20-16/h7-9,11H,5-6,10,17H2,1-4H3. The van der Waals surface area contributed by atoms with Crippen molar-refractivity contribution in [1.29, 1.82) is 0 Å². The lowest BCUT2D eigenvalue weighted by molar-refractivity contribution is -0.136. The van der Waals surface area contributed by atoms with Crippen molar-refractivity contribution in [3.63, 3.8) is 0 Å². The molecule has 1 heterocycles. The van der Waals surface area contributed by atoms with E-state index in [0.717, 1.165) is 11.4 Å². The van der Waals surface area contributed by atoms with E-state index in [9.17, 15) is 4.79 Å². The molecule has 0 spiro atoms. The van der Waals surface area contributed by atoms with E-state index in [1.165, 1.54) is 0 Å². The molecule has 0 fully saturated rings. The van der Waals surface area contributed by atoms with Gasteiger partial charge in [0.2, 0.25) is 0 Å². The van der Waals surface area contributed by atoms with Gasteiger partial charge >= 0.3 is 0 Å². The number of carbonyl (C=O) groups excluding carboxylic acids is 1. The lowest BCUT2D eigenvalue weighted by atomic mass is 9.92. The van der Waals surface area contributed by atoms with E-state index in [4.69, 9.17) is 10.5 Å². The summed E-state index contributed by atoms with van der Waals surface area (Å²) in [6.07, 6.45) is 1.33. The van der Waals surface area contributed by atoms with E-state index in [2.05, 4.69) is 13.8 Å². The Morgan fingerprint density at radius 3 is 2.50 bits per heavy atom. The summed E-state index contributed by atoms with van der Waals surface area (Å²) in [4.78, 5) is 14.7. The van der Waals surface area contributed by atoms with Crippen LogP contribution in [0, 0.1) is 5.92 Å². The molecule has 20 heavy (non-hydrogen) atoms. The normalized spacial score (nSPS) is 17.1. The first-order valence-electron chi connectivity index (χ1n) is 7.34. The molecule has 1 amide bonds. The molecule has 0 atom stereocenters. The lowest BCUT2D eigenvalue weighted by Crippen LogP contribution is -2.56. The molecule has 1 aliphatic heterocycles. The number of hydrogen-bond donors (Lipinski definition) is 1. The van der Waals surface area contributed by atoms with E-state index < -0.39 is 5.60 Å². The monoisotopic (exact) mass is 276 g/mol. The number of nitrogens with zero attached hydrogens (tertiary/aromatic N) is 1. The third kappa shape index (κ3) is 2.35. The maximum atomic E-state index is 12.9. The second-order valence-electron chi connectivity index (χ2n) is 5.84. The van der Waals surface area contributed by atoms with Crippen LogP contribution in [0.15, 0.2) is 18.2 Å². The molecule has 1 aliphatic rings. The van der Waals surface area contributed by atoms with Crippen LogP contribution >= 0.6 is 0 Å². The fourth-order valence-electron chi connectivity index (χ4n) is 2.68. The van der Waals surface area contributed by atoms with Crippen molar-refractivity contribution in [1.82, 2.24) is 0 Å². The van der Waals surface area contributed by atoms with Gasteiger partial charge in [-0.15, -0.1) is 0 Å². The second kappa shape index (κ2) is 5.35. The number of nitrogen functional groups attached to an aromatic ring is 1. The van der Waals surface area contributed by atoms with Crippen LogP contribution in [-0.2, 0) is 4.79 Å². The highest BCUT2D eigenvalue weighted by Crippen LogP contribution is 2.41. The predicted octanol–water partition coefficient (Wildman–Crippen LogP) is 3.21. The van der Waals surface area contributed by atoms with Crippen LogP contribution in [-0.4, -0.2) is 18.1 Å². The lowest BCUT2D eigenvalue weighted by Gasteiger charge is -2.42. The minimum atomic E-state index is -0.738. The first kappa shape index (κ1) is 14.7. The van der Waals surface area contributed by atoms with Crippen LogP contribution in [0.1, 0.15) is 40.5 Å².